The van der Waals surface area contributed by atoms with Gasteiger partial charge in [0, 0.05) is 30.7 Å². The minimum absolute atomic E-state index is 0.0449. The van der Waals surface area contributed by atoms with Gasteiger partial charge in [-0.2, -0.15) is 11.8 Å². The topological polar surface area (TPSA) is 101 Å². The van der Waals surface area contributed by atoms with E-state index in [9.17, 15) is 9.59 Å². The van der Waals surface area contributed by atoms with Crippen LogP contribution in [-0.2, 0) is 18.4 Å². The second kappa shape index (κ2) is 7.20. The zero-order chi connectivity index (χ0) is 16.2. The van der Waals surface area contributed by atoms with Crippen molar-refractivity contribution >= 4 is 23.7 Å². The fraction of sp³-hybridized carbons (Fsp3) is 0.714. The van der Waals surface area contributed by atoms with Crippen LogP contribution >= 0.6 is 11.8 Å². The van der Waals surface area contributed by atoms with Crippen molar-refractivity contribution in [3.05, 3.63) is 11.9 Å². The summed E-state index contributed by atoms with van der Waals surface area (Å²) in [5, 5.41) is 17.0. The maximum atomic E-state index is 11.8. The number of amides is 3. The highest BCUT2D eigenvalue weighted by Crippen LogP contribution is 2.33. The first-order chi connectivity index (χ1) is 11.1. The van der Waals surface area contributed by atoms with Gasteiger partial charge < -0.3 is 16.0 Å². The lowest BCUT2D eigenvalue weighted by Gasteiger charge is -2.16. The van der Waals surface area contributed by atoms with Gasteiger partial charge in [0.05, 0.1) is 18.6 Å². The normalized spacial score (nSPS) is 25.8. The third-order valence-corrected chi connectivity index (χ3v) is 5.71. The quantitative estimate of drug-likeness (QED) is 0.485. The van der Waals surface area contributed by atoms with Gasteiger partial charge in [-0.3, -0.25) is 9.48 Å². The number of aryl methyl sites for hydroxylation is 1. The Balaban J connectivity index is 1.29. The number of nitrogens with one attached hydrogen (secondary N) is 3. The molecule has 0 radical (unpaired) electrons. The first kappa shape index (κ1) is 16.1. The molecule has 3 heterocycles. The lowest BCUT2D eigenvalue weighted by Crippen LogP contribution is -2.36. The Morgan fingerprint density at radius 3 is 3.13 bits per heavy atom. The molecule has 0 aromatic carbocycles. The fourth-order valence-electron chi connectivity index (χ4n) is 3.03. The van der Waals surface area contributed by atoms with Gasteiger partial charge in [0.2, 0.25) is 5.91 Å². The number of nitrogens with zero attached hydrogens (tertiary/aromatic N) is 3. The second-order valence-electron chi connectivity index (χ2n) is 6.03. The SMILES string of the molecule is Cn1cc(CNC(=O)CCCCC2SCC3NC(=O)NC32)nn1. The molecule has 2 aliphatic heterocycles. The Morgan fingerprint density at radius 1 is 1.48 bits per heavy atom. The van der Waals surface area contributed by atoms with Gasteiger partial charge in [-0.15, -0.1) is 5.10 Å². The molecule has 0 saturated carbocycles. The smallest absolute Gasteiger partial charge is 0.315 e. The van der Waals surface area contributed by atoms with Crippen molar-refractivity contribution in [1.29, 1.82) is 0 Å². The molecule has 3 rings (SSSR count). The van der Waals surface area contributed by atoms with E-state index in [2.05, 4.69) is 26.3 Å². The number of hydrogen-bond acceptors (Lipinski definition) is 5. The highest BCUT2D eigenvalue weighted by Gasteiger charge is 2.42. The van der Waals surface area contributed by atoms with Crippen LogP contribution in [0.5, 0.6) is 0 Å². The highest BCUT2D eigenvalue weighted by molar-refractivity contribution is 8.00. The zero-order valence-corrected chi connectivity index (χ0v) is 13.9. The van der Waals surface area contributed by atoms with Crippen molar-refractivity contribution in [1.82, 2.24) is 30.9 Å². The van der Waals surface area contributed by atoms with Crippen LogP contribution in [0.2, 0.25) is 0 Å². The van der Waals surface area contributed by atoms with Gasteiger partial charge in [-0.1, -0.05) is 11.6 Å². The lowest BCUT2D eigenvalue weighted by atomic mass is 10.0. The molecule has 3 atom stereocenters. The first-order valence-corrected chi connectivity index (χ1v) is 8.97. The van der Waals surface area contributed by atoms with Crippen molar-refractivity contribution in [3.8, 4) is 0 Å². The van der Waals surface area contributed by atoms with Crippen molar-refractivity contribution in [2.24, 2.45) is 7.05 Å². The van der Waals surface area contributed by atoms with E-state index < -0.39 is 0 Å². The average Bonchev–Trinajstić information content (AvgIpc) is 3.18. The predicted molar refractivity (Wildman–Crippen MR) is 86.8 cm³/mol. The van der Waals surface area contributed by atoms with Crippen LogP contribution in [0.1, 0.15) is 31.4 Å². The van der Waals surface area contributed by atoms with Crippen LogP contribution in [0.3, 0.4) is 0 Å². The van der Waals surface area contributed by atoms with Crippen molar-refractivity contribution in [2.75, 3.05) is 5.75 Å². The van der Waals surface area contributed by atoms with Crippen LogP contribution in [0, 0.1) is 0 Å². The number of thioether (sulfide) groups is 1. The Kier molecular flexibility index (Phi) is 5.04. The van der Waals surface area contributed by atoms with Gasteiger partial charge in [0.1, 0.15) is 5.69 Å². The molecule has 126 valence electrons. The number of unbranched alkanes of at least 4 members (excludes halogenated alkanes) is 1. The Hall–Kier alpha value is -1.77. The fourth-order valence-corrected chi connectivity index (χ4v) is 4.57. The van der Waals surface area contributed by atoms with E-state index in [0.29, 0.717) is 18.2 Å². The molecule has 1 aromatic heterocycles. The minimum atomic E-state index is -0.0475. The van der Waals surface area contributed by atoms with Crippen molar-refractivity contribution < 1.29 is 9.59 Å². The van der Waals surface area contributed by atoms with Crippen LogP contribution in [0.15, 0.2) is 6.20 Å². The van der Waals surface area contributed by atoms with Gasteiger partial charge in [-0.25, -0.2) is 4.79 Å². The maximum absolute atomic E-state index is 11.8. The first-order valence-electron chi connectivity index (χ1n) is 7.92. The summed E-state index contributed by atoms with van der Waals surface area (Å²) in [4.78, 5) is 23.1. The van der Waals surface area contributed by atoms with Crippen molar-refractivity contribution in [2.45, 2.75) is 49.6 Å². The summed E-state index contributed by atoms with van der Waals surface area (Å²) in [6, 6.07) is 0.472. The number of carbonyl (C=O) groups excluding carboxylic acids is 2. The van der Waals surface area contributed by atoms with E-state index in [1.54, 1.807) is 17.9 Å². The maximum Gasteiger partial charge on any atom is 0.315 e. The molecule has 0 aliphatic carbocycles. The lowest BCUT2D eigenvalue weighted by molar-refractivity contribution is -0.121. The van der Waals surface area contributed by atoms with Crippen LogP contribution in [0.4, 0.5) is 4.79 Å². The molecule has 8 nitrogen and oxygen atoms in total. The van der Waals surface area contributed by atoms with Crippen molar-refractivity contribution in [3.63, 3.8) is 0 Å². The van der Waals surface area contributed by atoms with Gasteiger partial charge >= 0.3 is 6.03 Å². The number of urea groups is 1. The van der Waals surface area contributed by atoms with Crippen LogP contribution < -0.4 is 16.0 Å². The summed E-state index contributed by atoms with van der Waals surface area (Å²) in [6.07, 6.45) is 5.21. The molecule has 2 aliphatic rings. The molecule has 3 amide bonds. The van der Waals surface area contributed by atoms with E-state index in [4.69, 9.17) is 0 Å². The molecule has 23 heavy (non-hydrogen) atoms. The van der Waals surface area contributed by atoms with E-state index in [0.717, 1.165) is 30.7 Å². The third kappa shape index (κ3) is 4.15. The molecule has 9 heteroatoms. The highest BCUT2D eigenvalue weighted by atomic mass is 32.2. The number of hydrogen-bond donors (Lipinski definition) is 3. The molecular formula is C14H22N6O2S. The molecule has 2 fully saturated rings. The number of carbonyl (C=O) groups is 2. The summed E-state index contributed by atoms with van der Waals surface area (Å²) < 4.78 is 1.62. The van der Waals surface area contributed by atoms with E-state index in [1.165, 1.54) is 0 Å². The van der Waals surface area contributed by atoms with Gasteiger partial charge in [0.15, 0.2) is 0 Å². The predicted octanol–water partition coefficient (Wildman–Crippen LogP) is 0.157. The Morgan fingerprint density at radius 2 is 2.35 bits per heavy atom. The summed E-state index contributed by atoms with van der Waals surface area (Å²) >= 11 is 1.91. The van der Waals surface area contributed by atoms with E-state index >= 15 is 0 Å². The van der Waals surface area contributed by atoms with Crippen LogP contribution in [-0.4, -0.2) is 50.0 Å². The third-order valence-electron chi connectivity index (χ3n) is 4.20. The molecule has 3 N–H and O–H groups in total. The zero-order valence-electron chi connectivity index (χ0n) is 13.1. The Bertz CT molecular complexity index is 577. The van der Waals surface area contributed by atoms with E-state index in [1.807, 2.05) is 11.8 Å². The molecule has 0 bridgehead atoms. The van der Waals surface area contributed by atoms with Gasteiger partial charge in [-0.05, 0) is 12.8 Å². The largest absolute Gasteiger partial charge is 0.350 e. The summed E-state index contributed by atoms with van der Waals surface area (Å²) in [5.41, 5.74) is 0.763. The minimum Gasteiger partial charge on any atom is -0.350 e. The number of rotatable bonds is 7. The molecule has 0 spiro atoms. The average molecular weight is 338 g/mol. The molecule has 1 aromatic rings. The molecular weight excluding hydrogens is 316 g/mol. The summed E-state index contributed by atoms with van der Waals surface area (Å²) in [5.74, 6) is 1.02. The summed E-state index contributed by atoms with van der Waals surface area (Å²) in [7, 11) is 1.80. The number of fused-ring (bicyclic) bond motifs is 1. The number of aromatic nitrogens is 3. The summed E-state index contributed by atoms with van der Waals surface area (Å²) in [6.45, 7) is 0.423. The Labute approximate surface area is 139 Å². The van der Waals surface area contributed by atoms with Gasteiger partial charge in [0.25, 0.3) is 0 Å². The van der Waals surface area contributed by atoms with Crippen LogP contribution in [0.25, 0.3) is 0 Å². The molecule has 3 unspecified atom stereocenters. The van der Waals surface area contributed by atoms with E-state index in [-0.39, 0.29) is 24.0 Å². The second-order valence-corrected chi connectivity index (χ2v) is 7.30. The monoisotopic (exact) mass is 338 g/mol. The molecule has 2 saturated heterocycles. The standard InChI is InChI=1S/C14H22N6O2S/c1-20-7-9(18-19-20)6-15-12(21)5-3-2-4-11-13-10(8-23-11)16-14(22)17-13/h7,10-11,13H,2-6,8H2,1H3,(H,15,21)(H2,16,17,22).